The molecule has 0 radical (unpaired) electrons. The van der Waals surface area contributed by atoms with Gasteiger partial charge in [-0.05, 0) is 43.2 Å². The van der Waals surface area contributed by atoms with Crippen molar-refractivity contribution in [2.45, 2.75) is 24.3 Å². The molecule has 2 aromatic carbocycles. The third-order valence-electron chi connectivity index (χ3n) is 4.95. The minimum absolute atomic E-state index is 0.0956. The van der Waals surface area contributed by atoms with Crippen molar-refractivity contribution in [2.75, 3.05) is 20.3 Å². The van der Waals surface area contributed by atoms with Crippen LogP contribution < -0.4 is 4.74 Å². The maximum absolute atomic E-state index is 13.5. The first-order valence-electron chi connectivity index (χ1n) is 9.54. The van der Waals surface area contributed by atoms with Gasteiger partial charge in [0.15, 0.2) is 0 Å². The number of non-ortho nitro benzene ring substituents is 1. The van der Waals surface area contributed by atoms with Crippen LogP contribution in [0, 0.1) is 10.1 Å². The van der Waals surface area contributed by atoms with Crippen LogP contribution in [-0.4, -0.2) is 43.9 Å². The molecule has 0 bridgehead atoms. The number of nitrogens with zero attached hydrogens (tertiary/aromatic N) is 2. The SMILES string of the molecule is CCOC(=O)C1=CC[C@H](c2ccc(OC)cc2)N(S(=O)(=O)c2ccc([N+](=O)[O-])cc2)C1. The Morgan fingerprint density at radius 1 is 1.16 bits per heavy atom. The maximum Gasteiger partial charge on any atom is 0.335 e. The Morgan fingerprint density at radius 2 is 1.81 bits per heavy atom. The molecule has 164 valence electrons. The fraction of sp³-hybridized carbons (Fsp3) is 0.286. The van der Waals surface area contributed by atoms with Crippen LogP contribution in [0.5, 0.6) is 5.75 Å². The van der Waals surface area contributed by atoms with E-state index in [1.807, 2.05) is 0 Å². The van der Waals surface area contributed by atoms with Crippen LogP contribution in [-0.2, 0) is 19.6 Å². The topological polar surface area (TPSA) is 116 Å². The molecule has 0 aromatic heterocycles. The molecule has 0 fully saturated rings. The first kappa shape index (κ1) is 22.4. The Kier molecular flexibility index (Phi) is 6.71. The highest BCUT2D eigenvalue weighted by molar-refractivity contribution is 7.89. The Balaban J connectivity index is 2.02. The highest BCUT2D eigenvalue weighted by Gasteiger charge is 2.37. The highest BCUT2D eigenvalue weighted by Crippen LogP contribution is 2.36. The van der Waals surface area contributed by atoms with Gasteiger partial charge in [-0.25, -0.2) is 13.2 Å². The summed E-state index contributed by atoms with van der Waals surface area (Å²) in [5.41, 5.74) is 0.763. The number of nitro benzene ring substituents is 1. The van der Waals surface area contributed by atoms with Crippen molar-refractivity contribution in [1.29, 1.82) is 0 Å². The van der Waals surface area contributed by atoms with Crippen molar-refractivity contribution in [2.24, 2.45) is 0 Å². The predicted octanol–water partition coefficient (Wildman–Crippen LogP) is 3.23. The molecule has 10 heteroatoms. The van der Waals surface area contributed by atoms with E-state index in [1.165, 1.54) is 23.5 Å². The lowest BCUT2D eigenvalue weighted by atomic mass is 9.98. The molecule has 31 heavy (non-hydrogen) atoms. The summed E-state index contributed by atoms with van der Waals surface area (Å²) in [6.07, 6.45) is 1.96. The molecule has 1 aliphatic rings. The molecule has 0 unspecified atom stereocenters. The zero-order valence-corrected chi connectivity index (χ0v) is 17.9. The Morgan fingerprint density at radius 3 is 2.35 bits per heavy atom. The fourth-order valence-electron chi connectivity index (χ4n) is 3.34. The second-order valence-electron chi connectivity index (χ2n) is 6.78. The smallest absolute Gasteiger partial charge is 0.335 e. The van der Waals surface area contributed by atoms with E-state index in [9.17, 15) is 23.3 Å². The zero-order chi connectivity index (χ0) is 22.6. The summed E-state index contributed by atoms with van der Waals surface area (Å²) in [6, 6.07) is 11.1. The van der Waals surface area contributed by atoms with Crippen LogP contribution in [0.25, 0.3) is 0 Å². The van der Waals surface area contributed by atoms with Crippen LogP contribution in [0.15, 0.2) is 65.1 Å². The van der Waals surface area contributed by atoms with E-state index < -0.39 is 27.0 Å². The maximum atomic E-state index is 13.5. The molecule has 1 heterocycles. The molecule has 0 saturated carbocycles. The van der Waals surface area contributed by atoms with E-state index in [-0.39, 0.29) is 35.7 Å². The van der Waals surface area contributed by atoms with Gasteiger partial charge < -0.3 is 9.47 Å². The lowest BCUT2D eigenvalue weighted by molar-refractivity contribution is -0.384. The number of benzene rings is 2. The number of carbonyl (C=O) groups excluding carboxylic acids is 1. The highest BCUT2D eigenvalue weighted by atomic mass is 32.2. The van der Waals surface area contributed by atoms with E-state index >= 15 is 0 Å². The molecule has 1 atom stereocenters. The van der Waals surface area contributed by atoms with Crippen molar-refractivity contribution in [3.8, 4) is 5.75 Å². The number of ether oxygens (including phenoxy) is 2. The monoisotopic (exact) mass is 446 g/mol. The molecule has 0 saturated heterocycles. The van der Waals surface area contributed by atoms with Crippen molar-refractivity contribution < 1.29 is 27.6 Å². The number of hydrogen-bond donors (Lipinski definition) is 0. The van der Waals surface area contributed by atoms with Crippen molar-refractivity contribution >= 4 is 21.7 Å². The molecule has 0 amide bonds. The van der Waals surface area contributed by atoms with Gasteiger partial charge in [-0.3, -0.25) is 10.1 Å². The number of nitro groups is 1. The molecule has 1 aliphatic heterocycles. The molecule has 2 aromatic rings. The molecule has 9 nitrogen and oxygen atoms in total. The van der Waals surface area contributed by atoms with Gasteiger partial charge in [0.1, 0.15) is 5.75 Å². The normalized spacial score (nSPS) is 17.0. The summed E-state index contributed by atoms with van der Waals surface area (Å²) in [5, 5.41) is 10.9. The Hall–Kier alpha value is -3.24. The van der Waals surface area contributed by atoms with E-state index in [2.05, 4.69) is 0 Å². The summed E-state index contributed by atoms with van der Waals surface area (Å²) in [6.45, 7) is 1.68. The van der Waals surface area contributed by atoms with Crippen molar-refractivity contribution in [3.05, 3.63) is 75.9 Å². The van der Waals surface area contributed by atoms with Crippen LogP contribution in [0.2, 0.25) is 0 Å². The minimum atomic E-state index is -4.07. The first-order valence-corrected chi connectivity index (χ1v) is 11.0. The molecular weight excluding hydrogens is 424 g/mol. The molecule has 0 spiro atoms. The number of methoxy groups -OCH3 is 1. The summed E-state index contributed by atoms with van der Waals surface area (Å²) >= 11 is 0. The van der Waals surface area contributed by atoms with Gasteiger partial charge in [-0.15, -0.1) is 0 Å². The summed E-state index contributed by atoms with van der Waals surface area (Å²) in [4.78, 5) is 22.5. The predicted molar refractivity (Wildman–Crippen MR) is 112 cm³/mol. The van der Waals surface area contributed by atoms with Crippen LogP contribution >= 0.6 is 0 Å². The van der Waals surface area contributed by atoms with Crippen molar-refractivity contribution in [1.82, 2.24) is 4.31 Å². The third-order valence-corrected chi connectivity index (χ3v) is 6.82. The van der Waals surface area contributed by atoms with Gasteiger partial charge in [0, 0.05) is 24.3 Å². The van der Waals surface area contributed by atoms with Crippen molar-refractivity contribution in [3.63, 3.8) is 0 Å². The molecular formula is C21H22N2O7S. The number of carbonyl (C=O) groups is 1. The average Bonchev–Trinajstić information content (AvgIpc) is 2.79. The summed E-state index contributed by atoms with van der Waals surface area (Å²) in [7, 11) is -2.53. The van der Waals surface area contributed by atoms with Gasteiger partial charge in [-0.1, -0.05) is 18.2 Å². The second kappa shape index (κ2) is 9.27. The third kappa shape index (κ3) is 4.75. The number of esters is 1. The van der Waals surface area contributed by atoms with Crippen LogP contribution in [0.3, 0.4) is 0 Å². The lowest BCUT2D eigenvalue weighted by Gasteiger charge is -2.34. The van der Waals surface area contributed by atoms with Crippen LogP contribution in [0.1, 0.15) is 24.9 Å². The number of rotatable bonds is 7. The minimum Gasteiger partial charge on any atom is -0.497 e. The largest absolute Gasteiger partial charge is 0.497 e. The quantitative estimate of drug-likeness (QED) is 0.364. The summed E-state index contributed by atoms with van der Waals surface area (Å²) < 4.78 is 38.3. The average molecular weight is 446 g/mol. The molecule has 0 aliphatic carbocycles. The van der Waals surface area contributed by atoms with Gasteiger partial charge >= 0.3 is 5.97 Å². The Labute approximate surface area is 180 Å². The van der Waals surface area contributed by atoms with E-state index in [1.54, 1.807) is 37.3 Å². The van der Waals surface area contributed by atoms with Gasteiger partial charge in [0.25, 0.3) is 5.69 Å². The standard InChI is InChI=1S/C21H22N2O7S/c1-3-30-21(24)16-6-13-20(15-4-9-18(29-2)10-5-15)22(14-16)31(27,28)19-11-7-17(8-12-19)23(25)26/h4-12,20H,3,13-14H2,1-2H3/t20-/m1/s1. The Bertz CT molecular complexity index is 1090. The molecule has 0 N–H and O–H groups in total. The zero-order valence-electron chi connectivity index (χ0n) is 17.1. The fourth-order valence-corrected chi connectivity index (χ4v) is 4.94. The second-order valence-corrected chi connectivity index (χ2v) is 8.67. The molecule has 3 rings (SSSR count). The van der Waals surface area contributed by atoms with E-state index in [0.717, 1.165) is 17.7 Å². The van der Waals surface area contributed by atoms with Gasteiger partial charge in [0.2, 0.25) is 10.0 Å². The number of hydrogen-bond acceptors (Lipinski definition) is 7. The van der Waals surface area contributed by atoms with E-state index in [0.29, 0.717) is 5.75 Å². The lowest BCUT2D eigenvalue weighted by Crippen LogP contribution is -2.40. The summed E-state index contributed by atoms with van der Waals surface area (Å²) in [5.74, 6) is 0.0617. The van der Waals surface area contributed by atoms with Crippen LogP contribution in [0.4, 0.5) is 5.69 Å². The first-order chi connectivity index (χ1) is 14.8. The number of sulfonamides is 1. The van der Waals surface area contributed by atoms with Gasteiger partial charge in [-0.2, -0.15) is 4.31 Å². The van der Waals surface area contributed by atoms with Gasteiger partial charge in [0.05, 0.1) is 29.6 Å². The van der Waals surface area contributed by atoms with E-state index in [4.69, 9.17) is 9.47 Å².